The maximum Gasteiger partial charge on any atom is 0.257 e. The quantitative estimate of drug-likeness (QED) is 0.894. The minimum Gasteiger partial charge on any atom is -0.368 e. The number of hydrogen-bond acceptors (Lipinski definition) is 3. The zero-order chi connectivity index (χ0) is 14.7. The third kappa shape index (κ3) is 3.33. The number of nitrogens with one attached hydrogen (secondary N) is 1. The molecule has 0 saturated carbocycles. The van der Waals surface area contributed by atoms with Gasteiger partial charge in [0.1, 0.15) is 12.4 Å². The third-order valence-corrected chi connectivity index (χ3v) is 2.71. The Balaban J connectivity index is 2.13. The summed E-state index contributed by atoms with van der Waals surface area (Å²) in [6.07, 6.45) is 2.77. The number of hydrogen-bond donors (Lipinski definition) is 2. The molecule has 0 saturated heterocycles. The van der Waals surface area contributed by atoms with Gasteiger partial charge >= 0.3 is 0 Å². The van der Waals surface area contributed by atoms with Crippen molar-refractivity contribution in [2.24, 2.45) is 5.73 Å². The fraction of sp³-hybridized carbons (Fsp3) is 0.0833. The van der Waals surface area contributed by atoms with Crippen molar-refractivity contribution in [1.29, 1.82) is 0 Å². The number of amides is 2. The first-order valence-electron chi connectivity index (χ1n) is 5.53. The molecule has 0 atom stereocenters. The zero-order valence-electron chi connectivity index (χ0n) is 10.1. The van der Waals surface area contributed by atoms with Crippen LogP contribution in [-0.2, 0) is 11.3 Å². The summed E-state index contributed by atoms with van der Waals surface area (Å²) in [5.74, 6) is -1.70. The first kappa shape index (κ1) is 14.0. The van der Waals surface area contributed by atoms with Gasteiger partial charge in [-0.2, -0.15) is 5.10 Å². The molecule has 20 heavy (non-hydrogen) atoms. The Bertz CT molecular complexity index is 671. The molecule has 2 aromatic rings. The zero-order valence-corrected chi connectivity index (χ0v) is 10.9. The van der Waals surface area contributed by atoms with E-state index >= 15 is 0 Å². The first-order valence-corrected chi connectivity index (χ1v) is 5.90. The van der Waals surface area contributed by atoms with Crippen LogP contribution in [0.5, 0.6) is 0 Å². The Hall–Kier alpha value is -2.41. The Labute approximate surface area is 118 Å². The third-order valence-electron chi connectivity index (χ3n) is 2.38. The predicted octanol–water partition coefficient (Wildman–Crippen LogP) is 1.41. The van der Waals surface area contributed by atoms with Crippen molar-refractivity contribution in [2.75, 3.05) is 5.32 Å². The molecule has 104 valence electrons. The van der Waals surface area contributed by atoms with E-state index in [1.165, 1.54) is 23.1 Å². The molecule has 1 aromatic heterocycles. The summed E-state index contributed by atoms with van der Waals surface area (Å²) in [4.78, 5) is 22.6. The average Bonchev–Trinajstić information content (AvgIpc) is 2.78. The molecule has 2 amide bonds. The molecule has 0 radical (unpaired) electrons. The molecule has 0 spiro atoms. The van der Waals surface area contributed by atoms with Gasteiger partial charge in [-0.1, -0.05) is 11.6 Å². The predicted molar refractivity (Wildman–Crippen MR) is 70.8 cm³/mol. The second-order valence-electron chi connectivity index (χ2n) is 3.97. The molecule has 1 aromatic carbocycles. The smallest absolute Gasteiger partial charge is 0.257 e. The van der Waals surface area contributed by atoms with Crippen LogP contribution in [0.2, 0.25) is 5.02 Å². The monoisotopic (exact) mass is 296 g/mol. The van der Waals surface area contributed by atoms with E-state index in [9.17, 15) is 14.0 Å². The van der Waals surface area contributed by atoms with Gasteiger partial charge in [-0.3, -0.25) is 14.3 Å². The summed E-state index contributed by atoms with van der Waals surface area (Å²) >= 11 is 5.82. The highest BCUT2D eigenvalue weighted by molar-refractivity contribution is 6.34. The van der Waals surface area contributed by atoms with Crippen molar-refractivity contribution in [3.63, 3.8) is 0 Å². The Kier molecular flexibility index (Phi) is 3.99. The lowest BCUT2D eigenvalue weighted by Crippen LogP contribution is -2.18. The number of anilines is 1. The summed E-state index contributed by atoms with van der Waals surface area (Å²) in [6.45, 7) is -0.101. The average molecular weight is 297 g/mol. The van der Waals surface area contributed by atoms with Crippen LogP contribution in [0.25, 0.3) is 0 Å². The molecule has 0 aliphatic heterocycles. The van der Waals surface area contributed by atoms with Crippen LogP contribution in [0.4, 0.5) is 10.1 Å². The Morgan fingerprint density at radius 2 is 2.20 bits per heavy atom. The minimum absolute atomic E-state index is 0.00863. The normalized spacial score (nSPS) is 10.3. The van der Waals surface area contributed by atoms with Gasteiger partial charge in [0.25, 0.3) is 5.91 Å². The molecule has 1 heterocycles. The highest BCUT2D eigenvalue weighted by Gasteiger charge is 2.12. The molecular formula is C12H10ClFN4O2. The van der Waals surface area contributed by atoms with Gasteiger partial charge in [-0.15, -0.1) is 0 Å². The molecule has 0 aliphatic carbocycles. The van der Waals surface area contributed by atoms with Gasteiger partial charge in [0.15, 0.2) is 0 Å². The Morgan fingerprint density at radius 3 is 2.90 bits per heavy atom. The van der Waals surface area contributed by atoms with Crippen molar-refractivity contribution < 1.29 is 14.0 Å². The second-order valence-corrected chi connectivity index (χ2v) is 4.38. The molecule has 3 N–H and O–H groups in total. The van der Waals surface area contributed by atoms with Crippen LogP contribution >= 0.6 is 11.6 Å². The van der Waals surface area contributed by atoms with E-state index in [0.717, 1.165) is 12.1 Å². The van der Waals surface area contributed by atoms with Crippen LogP contribution < -0.4 is 11.1 Å². The van der Waals surface area contributed by atoms with Gasteiger partial charge in [-0.05, 0) is 18.2 Å². The maximum absolute atomic E-state index is 13.1. The van der Waals surface area contributed by atoms with Crippen molar-refractivity contribution in [3.8, 4) is 0 Å². The highest BCUT2D eigenvalue weighted by atomic mass is 35.5. The standard InChI is InChI=1S/C12H10ClFN4O2/c13-10-2-1-7(14)3-9(10)12(20)17-8-4-16-18(5-8)6-11(15)19/h1-5H,6H2,(H2,15,19)(H,17,20). The number of carbonyl (C=O) groups is 2. The van der Waals surface area contributed by atoms with Gasteiger partial charge < -0.3 is 11.1 Å². The fourth-order valence-electron chi connectivity index (χ4n) is 1.54. The van der Waals surface area contributed by atoms with E-state index in [1.807, 2.05) is 0 Å². The van der Waals surface area contributed by atoms with E-state index in [4.69, 9.17) is 17.3 Å². The summed E-state index contributed by atoms with van der Waals surface area (Å²) in [5, 5.41) is 6.46. The van der Waals surface area contributed by atoms with Crippen molar-refractivity contribution >= 4 is 29.1 Å². The van der Waals surface area contributed by atoms with Crippen LogP contribution in [0.15, 0.2) is 30.6 Å². The number of aromatic nitrogens is 2. The molecular weight excluding hydrogens is 287 g/mol. The highest BCUT2D eigenvalue weighted by Crippen LogP contribution is 2.18. The van der Waals surface area contributed by atoms with Crippen LogP contribution in [0, 0.1) is 5.82 Å². The molecule has 8 heteroatoms. The summed E-state index contributed by atoms with van der Waals surface area (Å²) in [7, 11) is 0. The van der Waals surface area contributed by atoms with Crippen LogP contribution in [0.3, 0.4) is 0 Å². The van der Waals surface area contributed by atoms with Crippen LogP contribution in [-0.4, -0.2) is 21.6 Å². The Morgan fingerprint density at radius 1 is 1.45 bits per heavy atom. The lowest BCUT2D eigenvalue weighted by Gasteiger charge is -2.04. The number of nitrogens with two attached hydrogens (primary N) is 1. The second kappa shape index (κ2) is 5.70. The van der Waals surface area contributed by atoms with E-state index in [1.54, 1.807) is 0 Å². The van der Waals surface area contributed by atoms with Gasteiger partial charge in [0, 0.05) is 6.20 Å². The number of primary amides is 1. The van der Waals surface area contributed by atoms with E-state index in [2.05, 4.69) is 10.4 Å². The molecule has 6 nitrogen and oxygen atoms in total. The fourth-order valence-corrected chi connectivity index (χ4v) is 1.75. The molecule has 0 bridgehead atoms. The number of halogens is 2. The number of carbonyl (C=O) groups excluding carboxylic acids is 2. The SMILES string of the molecule is NC(=O)Cn1cc(NC(=O)c2cc(F)ccc2Cl)cn1. The van der Waals surface area contributed by atoms with E-state index < -0.39 is 17.6 Å². The lowest BCUT2D eigenvalue weighted by atomic mass is 10.2. The number of benzene rings is 1. The molecule has 0 unspecified atom stereocenters. The molecule has 0 aliphatic rings. The molecule has 2 rings (SSSR count). The van der Waals surface area contributed by atoms with E-state index in [0.29, 0.717) is 5.69 Å². The van der Waals surface area contributed by atoms with Crippen molar-refractivity contribution in [2.45, 2.75) is 6.54 Å². The number of rotatable bonds is 4. The van der Waals surface area contributed by atoms with Gasteiger partial charge in [0.05, 0.1) is 22.5 Å². The van der Waals surface area contributed by atoms with E-state index in [-0.39, 0.29) is 17.1 Å². The first-order chi connectivity index (χ1) is 9.45. The minimum atomic E-state index is -0.576. The largest absolute Gasteiger partial charge is 0.368 e. The van der Waals surface area contributed by atoms with Crippen molar-refractivity contribution in [3.05, 3.63) is 47.0 Å². The topological polar surface area (TPSA) is 90.0 Å². The number of nitrogens with zero attached hydrogens (tertiary/aromatic N) is 2. The van der Waals surface area contributed by atoms with Gasteiger partial charge in [0.2, 0.25) is 5.91 Å². The maximum atomic E-state index is 13.1. The van der Waals surface area contributed by atoms with Gasteiger partial charge in [-0.25, -0.2) is 4.39 Å². The summed E-state index contributed by atoms with van der Waals surface area (Å²) < 4.78 is 14.4. The molecule has 0 fully saturated rings. The van der Waals surface area contributed by atoms with Crippen molar-refractivity contribution in [1.82, 2.24) is 9.78 Å². The lowest BCUT2D eigenvalue weighted by molar-refractivity contribution is -0.118. The summed E-state index contributed by atoms with van der Waals surface area (Å²) in [6, 6.07) is 3.48. The summed E-state index contributed by atoms with van der Waals surface area (Å²) in [5.41, 5.74) is 5.37. The van der Waals surface area contributed by atoms with Crippen LogP contribution in [0.1, 0.15) is 10.4 Å².